The lowest BCUT2D eigenvalue weighted by atomic mass is 10.2. The molecule has 1 aromatic rings. The molecule has 0 heterocycles. The van der Waals surface area contributed by atoms with E-state index in [0.29, 0.717) is 12.2 Å². The third-order valence-corrected chi connectivity index (χ3v) is 3.61. The van der Waals surface area contributed by atoms with Crippen molar-refractivity contribution in [3.05, 3.63) is 23.8 Å². The SMILES string of the molecule is CNS(=O)(=O)CCNc1ccc(N)cc1C. The second-order valence-corrected chi connectivity index (χ2v) is 5.57. The van der Waals surface area contributed by atoms with Crippen molar-refractivity contribution in [2.24, 2.45) is 0 Å². The lowest BCUT2D eigenvalue weighted by molar-refractivity contribution is 0.588. The Labute approximate surface area is 96.1 Å². The van der Waals surface area contributed by atoms with E-state index in [1.807, 2.05) is 19.1 Å². The number of anilines is 2. The summed E-state index contributed by atoms with van der Waals surface area (Å²) in [4.78, 5) is 0. The molecule has 0 aromatic heterocycles. The van der Waals surface area contributed by atoms with Gasteiger partial charge in [0.05, 0.1) is 5.75 Å². The molecule has 6 heteroatoms. The van der Waals surface area contributed by atoms with Gasteiger partial charge < -0.3 is 11.1 Å². The molecule has 0 bridgehead atoms. The first-order valence-corrected chi connectivity index (χ1v) is 6.61. The highest BCUT2D eigenvalue weighted by atomic mass is 32.2. The van der Waals surface area contributed by atoms with Crippen LogP contribution in [0.2, 0.25) is 0 Å². The number of aryl methyl sites for hydroxylation is 1. The zero-order chi connectivity index (χ0) is 12.2. The fourth-order valence-electron chi connectivity index (χ4n) is 1.31. The molecule has 0 aliphatic carbocycles. The lowest BCUT2D eigenvalue weighted by Crippen LogP contribution is -2.26. The monoisotopic (exact) mass is 243 g/mol. The van der Waals surface area contributed by atoms with Crippen molar-refractivity contribution < 1.29 is 8.42 Å². The van der Waals surface area contributed by atoms with Crippen LogP contribution >= 0.6 is 0 Å². The van der Waals surface area contributed by atoms with Crippen LogP contribution < -0.4 is 15.8 Å². The van der Waals surface area contributed by atoms with Crippen LogP contribution in [0.25, 0.3) is 0 Å². The molecule has 1 aromatic carbocycles. The molecular weight excluding hydrogens is 226 g/mol. The molecule has 0 radical (unpaired) electrons. The van der Waals surface area contributed by atoms with Gasteiger partial charge in [-0.15, -0.1) is 0 Å². The van der Waals surface area contributed by atoms with Crippen LogP contribution in [0.5, 0.6) is 0 Å². The van der Waals surface area contributed by atoms with Crippen molar-refractivity contribution in [1.29, 1.82) is 0 Å². The van der Waals surface area contributed by atoms with E-state index in [0.717, 1.165) is 11.3 Å². The minimum Gasteiger partial charge on any atom is -0.399 e. The van der Waals surface area contributed by atoms with Crippen LogP contribution in [0.4, 0.5) is 11.4 Å². The maximum atomic E-state index is 11.2. The molecule has 4 N–H and O–H groups in total. The molecule has 0 aliphatic rings. The number of benzene rings is 1. The second-order valence-electron chi connectivity index (χ2n) is 3.52. The molecule has 5 nitrogen and oxygen atoms in total. The highest BCUT2D eigenvalue weighted by Gasteiger charge is 2.06. The Morgan fingerprint density at radius 3 is 2.62 bits per heavy atom. The van der Waals surface area contributed by atoms with Gasteiger partial charge in [0.2, 0.25) is 10.0 Å². The van der Waals surface area contributed by atoms with Crippen LogP contribution in [0.15, 0.2) is 18.2 Å². The Bertz CT molecular complexity index is 457. The summed E-state index contributed by atoms with van der Waals surface area (Å²) in [6, 6.07) is 5.47. The van der Waals surface area contributed by atoms with E-state index >= 15 is 0 Å². The van der Waals surface area contributed by atoms with E-state index < -0.39 is 10.0 Å². The summed E-state index contributed by atoms with van der Waals surface area (Å²) in [6.45, 7) is 2.29. The van der Waals surface area contributed by atoms with Crippen LogP contribution in [-0.2, 0) is 10.0 Å². The Balaban J connectivity index is 2.56. The van der Waals surface area contributed by atoms with E-state index in [9.17, 15) is 8.42 Å². The van der Waals surface area contributed by atoms with Gasteiger partial charge in [0, 0.05) is 17.9 Å². The maximum absolute atomic E-state index is 11.2. The Morgan fingerprint density at radius 1 is 1.38 bits per heavy atom. The standard InChI is InChI=1S/C10H17N3O2S/c1-8-7-9(11)3-4-10(8)13-5-6-16(14,15)12-2/h3-4,7,12-13H,5-6,11H2,1-2H3. The number of nitrogen functional groups attached to an aromatic ring is 1. The maximum Gasteiger partial charge on any atom is 0.213 e. The predicted octanol–water partition coefficient (Wildman–Crippen LogP) is 0.538. The normalized spacial score (nSPS) is 11.4. The fraction of sp³-hybridized carbons (Fsp3) is 0.400. The van der Waals surface area contributed by atoms with Crippen molar-refractivity contribution in [2.75, 3.05) is 30.4 Å². The molecule has 0 unspecified atom stereocenters. The van der Waals surface area contributed by atoms with Gasteiger partial charge in [-0.05, 0) is 37.7 Å². The van der Waals surface area contributed by atoms with Crippen LogP contribution in [-0.4, -0.2) is 27.8 Å². The summed E-state index contributed by atoms with van der Waals surface area (Å²) in [5.41, 5.74) is 8.22. The average Bonchev–Trinajstić information content (AvgIpc) is 2.21. The largest absolute Gasteiger partial charge is 0.399 e. The molecule has 1 rings (SSSR count). The third-order valence-electron chi connectivity index (χ3n) is 2.25. The van der Waals surface area contributed by atoms with Crippen molar-refractivity contribution in [3.63, 3.8) is 0 Å². The minimum atomic E-state index is -3.15. The summed E-state index contributed by atoms with van der Waals surface area (Å²) in [5.74, 6) is 0.0489. The summed E-state index contributed by atoms with van der Waals surface area (Å²) in [7, 11) is -1.74. The Kier molecular flexibility index (Phi) is 4.14. The quantitative estimate of drug-likeness (QED) is 0.659. The first-order chi connectivity index (χ1) is 7.44. The molecule has 0 spiro atoms. The smallest absolute Gasteiger partial charge is 0.213 e. The number of sulfonamides is 1. The Hall–Kier alpha value is -1.27. The number of nitrogens with one attached hydrogen (secondary N) is 2. The van der Waals surface area contributed by atoms with Crippen molar-refractivity contribution in [3.8, 4) is 0 Å². The summed E-state index contributed by atoms with van der Waals surface area (Å²) in [6.07, 6.45) is 0. The van der Waals surface area contributed by atoms with E-state index in [1.54, 1.807) is 6.07 Å². The van der Waals surface area contributed by atoms with Gasteiger partial charge in [0.1, 0.15) is 0 Å². The van der Waals surface area contributed by atoms with Crippen LogP contribution in [0.3, 0.4) is 0 Å². The Morgan fingerprint density at radius 2 is 2.06 bits per heavy atom. The number of hydrogen-bond donors (Lipinski definition) is 3. The zero-order valence-corrected chi connectivity index (χ0v) is 10.3. The van der Waals surface area contributed by atoms with E-state index in [4.69, 9.17) is 5.73 Å². The molecule has 0 saturated carbocycles. The highest BCUT2D eigenvalue weighted by molar-refractivity contribution is 7.89. The summed E-state index contributed by atoms with van der Waals surface area (Å²) in [5, 5.41) is 3.06. The number of hydrogen-bond acceptors (Lipinski definition) is 4. The molecule has 90 valence electrons. The average molecular weight is 243 g/mol. The lowest BCUT2D eigenvalue weighted by Gasteiger charge is -2.10. The number of nitrogens with two attached hydrogens (primary N) is 1. The van der Waals surface area contributed by atoms with Crippen molar-refractivity contribution in [2.45, 2.75) is 6.92 Å². The van der Waals surface area contributed by atoms with E-state index in [-0.39, 0.29) is 5.75 Å². The molecular formula is C10H17N3O2S. The predicted molar refractivity (Wildman–Crippen MR) is 66.9 cm³/mol. The molecule has 0 aliphatic heterocycles. The summed E-state index contributed by atoms with van der Waals surface area (Å²) >= 11 is 0. The van der Waals surface area contributed by atoms with Crippen molar-refractivity contribution >= 4 is 21.4 Å². The zero-order valence-electron chi connectivity index (χ0n) is 9.45. The van der Waals surface area contributed by atoms with Gasteiger partial charge in [0.15, 0.2) is 0 Å². The van der Waals surface area contributed by atoms with Gasteiger partial charge >= 0.3 is 0 Å². The fourth-order valence-corrected chi connectivity index (χ4v) is 1.88. The van der Waals surface area contributed by atoms with Crippen molar-refractivity contribution in [1.82, 2.24) is 4.72 Å². The first-order valence-electron chi connectivity index (χ1n) is 4.96. The van der Waals surface area contributed by atoms with Gasteiger partial charge in [-0.3, -0.25) is 0 Å². The third kappa shape index (κ3) is 3.71. The first kappa shape index (κ1) is 12.8. The summed E-state index contributed by atoms with van der Waals surface area (Å²) < 4.78 is 24.6. The van der Waals surface area contributed by atoms with Crippen LogP contribution in [0.1, 0.15) is 5.56 Å². The molecule has 0 fully saturated rings. The number of rotatable bonds is 5. The molecule has 0 amide bonds. The second kappa shape index (κ2) is 5.18. The van der Waals surface area contributed by atoms with Gasteiger partial charge in [-0.1, -0.05) is 0 Å². The van der Waals surface area contributed by atoms with Crippen LogP contribution in [0, 0.1) is 6.92 Å². The minimum absolute atomic E-state index is 0.0489. The highest BCUT2D eigenvalue weighted by Crippen LogP contribution is 2.17. The van der Waals surface area contributed by atoms with Gasteiger partial charge in [-0.25, -0.2) is 13.1 Å². The van der Waals surface area contributed by atoms with Gasteiger partial charge in [0.25, 0.3) is 0 Å². The van der Waals surface area contributed by atoms with E-state index in [2.05, 4.69) is 10.0 Å². The molecule has 16 heavy (non-hydrogen) atoms. The van der Waals surface area contributed by atoms with E-state index in [1.165, 1.54) is 7.05 Å². The topological polar surface area (TPSA) is 84.2 Å². The molecule has 0 saturated heterocycles. The van der Waals surface area contributed by atoms with Gasteiger partial charge in [-0.2, -0.15) is 0 Å². The molecule has 0 atom stereocenters.